The van der Waals surface area contributed by atoms with Crippen LogP contribution in [0.2, 0.25) is 0 Å². The molecule has 0 saturated carbocycles. The van der Waals surface area contributed by atoms with Crippen molar-refractivity contribution in [2.45, 2.75) is 32.7 Å². The van der Waals surface area contributed by atoms with Crippen LogP contribution in [0.1, 0.15) is 35.6 Å². The molecule has 19 heavy (non-hydrogen) atoms. The summed E-state index contributed by atoms with van der Waals surface area (Å²) in [6, 6.07) is 3.28. The van der Waals surface area contributed by atoms with Crippen LogP contribution in [-0.2, 0) is 4.79 Å². The Morgan fingerprint density at radius 3 is 2.37 bits per heavy atom. The molecule has 1 fully saturated rings. The van der Waals surface area contributed by atoms with Gasteiger partial charge in [-0.05, 0) is 63.0 Å². The van der Waals surface area contributed by atoms with Gasteiger partial charge in [-0.3, -0.25) is 9.69 Å². The molecule has 0 amide bonds. The SMILES string of the molecule is COc1cc(C)c(C)cc1C(C(=O)O)N1CCCC1. The van der Waals surface area contributed by atoms with Gasteiger partial charge in [0.1, 0.15) is 11.8 Å². The van der Waals surface area contributed by atoms with Crippen LogP contribution in [-0.4, -0.2) is 36.2 Å². The molecular weight excluding hydrogens is 242 g/mol. The van der Waals surface area contributed by atoms with E-state index in [9.17, 15) is 9.90 Å². The molecule has 1 unspecified atom stereocenters. The van der Waals surface area contributed by atoms with Gasteiger partial charge < -0.3 is 9.84 Å². The van der Waals surface area contributed by atoms with E-state index in [1.165, 1.54) is 0 Å². The summed E-state index contributed by atoms with van der Waals surface area (Å²) in [5, 5.41) is 9.57. The predicted molar refractivity (Wildman–Crippen MR) is 73.7 cm³/mol. The minimum atomic E-state index is -0.802. The summed E-state index contributed by atoms with van der Waals surface area (Å²) in [5.74, 6) is -0.133. The zero-order chi connectivity index (χ0) is 14.0. The Morgan fingerprint density at radius 1 is 1.26 bits per heavy atom. The number of carboxylic acid groups (broad SMARTS) is 1. The number of benzene rings is 1. The van der Waals surface area contributed by atoms with E-state index in [0.717, 1.165) is 42.6 Å². The number of rotatable bonds is 4. The topological polar surface area (TPSA) is 49.8 Å². The maximum absolute atomic E-state index is 11.7. The fourth-order valence-corrected chi connectivity index (χ4v) is 2.69. The summed E-state index contributed by atoms with van der Waals surface area (Å²) in [5.41, 5.74) is 2.98. The number of aliphatic carboxylic acids is 1. The zero-order valence-corrected chi connectivity index (χ0v) is 11.8. The van der Waals surface area contributed by atoms with E-state index in [1.807, 2.05) is 30.9 Å². The number of hydrogen-bond donors (Lipinski definition) is 1. The Morgan fingerprint density at radius 2 is 1.84 bits per heavy atom. The minimum Gasteiger partial charge on any atom is -0.496 e. The lowest BCUT2D eigenvalue weighted by Crippen LogP contribution is -2.32. The molecule has 1 N–H and O–H groups in total. The first-order chi connectivity index (χ1) is 9.04. The minimum absolute atomic E-state index is 0.600. The highest BCUT2D eigenvalue weighted by atomic mass is 16.5. The van der Waals surface area contributed by atoms with Crippen molar-refractivity contribution in [3.8, 4) is 5.75 Å². The van der Waals surface area contributed by atoms with Gasteiger partial charge in [-0.2, -0.15) is 0 Å². The first-order valence-electron chi connectivity index (χ1n) is 6.66. The van der Waals surface area contributed by atoms with Crippen molar-refractivity contribution in [2.24, 2.45) is 0 Å². The van der Waals surface area contributed by atoms with Crippen LogP contribution in [0.15, 0.2) is 12.1 Å². The highest BCUT2D eigenvalue weighted by Gasteiger charge is 2.32. The van der Waals surface area contributed by atoms with Crippen molar-refractivity contribution < 1.29 is 14.6 Å². The Bertz CT molecular complexity index is 479. The average Bonchev–Trinajstić information content (AvgIpc) is 2.86. The zero-order valence-electron chi connectivity index (χ0n) is 11.8. The smallest absolute Gasteiger partial charge is 0.325 e. The van der Waals surface area contributed by atoms with Gasteiger partial charge in [0.2, 0.25) is 0 Å². The lowest BCUT2D eigenvalue weighted by atomic mass is 9.98. The molecule has 1 aliphatic rings. The lowest BCUT2D eigenvalue weighted by Gasteiger charge is -2.26. The number of aryl methyl sites for hydroxylation is 2. The highest BCUT2D eigenvalue weighted by molar-refractivity contribution is 5.77. The molecule has 1 atom stereocenters. The second-order valence-electron chi connectivity index (χ2n) is 5.16. The second kappa shape index (κ2) is 5.61. The Hall–Kier alpha value is -1.55. The summed E-state index contributed by atoms with van der Waals surface area (Å²) in [6.45, 7) is 5.69. The van der Waals surface area contributed by atoms with Gasteiger partial charge in [0.15, 0.2) is 0 Å². The normalized spacial score (nSPS) is 17.4. The van der Waals surface area contributed by atoms with Crippen LogP contribution in [0, 0.1) is 13.8 Å². The van der Waals surface area contributed by atoms with Crippen molar-refractivity contribution in [2.75, 3.05) is 20.2 Å². The molecule has 1 aromatic rings. The summed E-state index contributed by atoms with van der Waals surface area (Å²) in [4.78, 5) is 13.7. The summed E-state index contributed by atoms with van der Waals surface area (Å²) in [6.07, 6.45) is 2.13. The van der Waals surface area contributed by atoms with Gasteiger partial charge in [0.05, 0.1) is 7.11 Å². The fraction of sp³-hybridized carbons (Fsp3) is 0.533. The van der Waals surface area contributed by atoms with Crippen LogP contribution in [0.4, 0.5) is 0 Å². The average molecular weight is 263 g/mol. The van der Waals surface area contributed by atoms with Crippen LogP contribution in [0.3, 0.4) is 0 Å². The third-order valence-corrected chi connectivity index (χ3v) is 3.88. The van der Waals surface area contributed by atoms with Gasteiger partial charge in [-0.25, -0.2) is 0 Å². The van der Waals surface area contributed by atoms with E-state index in [2.05, 4.69) is 0 Å². The highest BCUT2D eigenvalue weighted by Crippen LogP contribution is 2.34. The number of carbonyl (C=O) groups is 1. The Kier molecular flexibility index (Phi) is 4.10. The van der Waals surface area contributed by atoms with E-state index in [-0.39, 0.29) is 0 Å². The largest absolute Gasteiger partial charge is 0.496 e. The van der Waals surface area contributed by atoms with Gasteiger partial charge in [-0.1, -0.05) is 0 Å². The van der Waals surface area contributed by atoms with Crippen molar-refractivity contribution >= 4 is 5.97 Å². The number of likely N-dealkylation sites (tertiary alicyclic amines) is 1. The van der Waals surface area contributed by atoms with Crippen LogP contribution in [0.25, 0.3) is 0 Å². The van der Waals surface area contributed by atoms with Gasteiger partial charge in [0.25, 0.3) is 0 Å². The maximum atomic E-state index is 11.7. The third-order valence-electron chi connectivity index (χ3n) is 3.88. The fourth-order valence-electron chi connectivity index (χ4n) is 2.69. The maximum Gasteiger partial charge on any atom is 0.325 e. The molecular formula is C15H21NO3. The quantitative estimate of drug-likeness (QED) is 0.907. The van der Waals surface area contributed by atoms with E-state index >= 15 is 0 Å². The molecule has 1 aromatic carbocycles. The van der Waals surface area contributed by atoms with Crippen molar-refractivity contribution in [3.05, 3.63) is 28.8 Å². The molecule has 0 bridgehead atoms. The van der Waals surface area contributed by atoms with Crippen molar-refractivity contribution in [1.82, 2.24) is 4.90 Å². The van der Waals surface area contributed by atoms with Crippen LogP contribution < -0.4 is 4.74 Å². The number of carboxylic acids is 1. The molecule has 0 radical (unpaired) electrons. The summed E-state index contributed by atoms with van der Waals surface area (Å²) >= 11 is 0. The Labute approximate surface area is 114 Å². The standard InChI is InChI=1S/C15H21NO3/c1-10-8-12(13(19-3)9-11(10)2)14(15(17)18)16-6-4-5-7-16/h8-9,14H,4-7H2,1-3H3,(H,17,18). The van der Waals surface area contributed by atoms with Gasteiger partial charge >= 0.3 is 5.97 Å². The van der Waals surface area contributed by atoms with E-state index in [0.29, 0.717) is 5.75 Å². The van der Waals surface area contributed by atoms with E-state index in [1.54, 1.807) is 7.11 Å². The second-order valence-corrected chi connectivity index (χ2v) is 5.16. The Balaban J connectivity index is 2.46. The molecule has 1 saturated heterocycles. The van der Waals surface area contributed by atoms with Gasteiger partial charge in [-0.15, -0.1) is 0 Å². The molecule has 104 valence electrons. The summed E-state index contributed by atoms with van der Waals surface area (Å²) in [7, 11) is 1.59. The van der Waals surface area contributed by atoms with E-state index in [4.69, 9.17) is 4.74 Å². The van der Waals surface area contributed by atoms with Crippen LogP contribution >= 0.6 is 0 Å². The number of methoxy groups -OCH3 is 1. The first kappa shape index (κ1) is 13.9. The van der Waals surface area contributed by atoms with Crippen molar-refractivity contribution in [3.63, 3.8) is 0 Å². The molecule has 1 aliphatic heterocycles. The van der Waals surface area contributed by atoms with E-state index < -0.39 is 12.0 Å². The molecule has 0 aromatic heterocycles. The van der Waals surface area contributed by atoms with Gasteiger partial charge in [0, 0.05) is 5.56 Å². The third kappa shape index (κ3) is 2.73. The lowest BCUT2D eigenvalue weighted by molar-refractivity contribution is -0.143. The molecule has 4 heteroatoms. The van der Waals surface area contributed by atoms with Crippen molar-refractivity contribution in [1.29, 1.82) is 0 Å². The summed E-state index contributed by atoms with van der Waals surface area (Å²) < 4.78 is 5.38. The molecule has 1 heterocycles. The number of hydrogen-bond acceptors (Lipinski definition) is 3. The molecule has 0 spiro atoms. The molecule has 0 aliphatic carbocycles. The predicted octanol–water partition coefficient (Wildman–Crippen LogP) is 2.53. The molecule has 4 nitrogen and oxygen atoms in total. The number of nitrogens with zero attached hydrogens (tertiary/aromatic N) is 1. The number of ether oxygens (including phenoxy) is 1. The molecule has 2 rings (SSSR count). The van der Waals surface area contributed by atoms with Crippen LogP contribution in [0.5, 0.6) is 5.75 Å². The first-order valence-corrected chi connectivity index (χ1v) is 6.66. The monoisotopic (exact) mass is 263 g/mol.